The van der Waals surface area contributed by atoms with E-state index in [0.29, 0.717) is 6.42 Å². The summed E-state index contributed by atoms with van der Waals surface area (Å²) < 4.78 is 29.2. The molecule has 0 spiro atoms. The molecule has 152 valence electrons. The lowest BCUT2D eigenvalue weighted by Gasteiger charge is -2.30. The van der Waals surface area contributed by atoms with Gasteiger partial charge in [-0.2, -0.15) is 0 Å². The van der Waals surface area contributed by atoms with E-state index >= 15 is 0 Å². The van der Waals surface area contributed by atoms with Crippen LogP contribution in [0.3, 0.4) is 0 Å². The molecule has 6 nitrogen and oxygen atoms in total. The maximum atomic E-state index is 13.0. The summed E-state index contributed by atoms with van der Waals surface area (Å²) in [5.41, 5.74) is 0.286. The molecule has 4 rings (SSSR count). The average Bonchev–Trinajstić information content (AvgIpc) is 3.25. The van der Waals surface area contributed by atoms with Gasteiger partial charge in [-0.25, -0.2) is 8.42 Å². The lowest BCUT2D eigenvalue weighted by Crippen LogP contribution is -2.45. The minimum absolute atomic E-state index is 0.0249. The lowest BCUT2D eigenvalue weighted by atomic mass is 9.79. The molecule has 1 heterocycles. The topological polar surface area (TPSA) is 80.8 Å². The van der Waals surface area contributed by atoms with Gasteiger partial charge in [0.1, 0.15) is 0 Å². The van der Waals surface area contributed by atoms with Gasteiger partial charge in [0.25, 0.3) is 5.91 Å². The Morgan fingerprint density at radius 2 is 1.71 bits per heavy atom. The zero-order valence-electron chi connectivity index (χ0n) is 16.0. The van der Waals surface area contributed by atoms with Gasteiger partial charge in [-0.15, -0.1) is 0 Å². The minimum atomic E-state index is -3.07. The molecule has 0 bridgehead atoms. The molecule has 2 saturated carbocycles. The van der Waals surface area contributed by atoms with Gasteiger partial charge in [-0.1, -0.05) is 43.2 Å². The monoisotopic (exact) mass is 405 g/mol. The number of carbonyl (C=O) groups is 2. The van der Waals surface area contributed by atoms with Crippen molar-refractivity contribution in [3.05, 3.63) is 35.9 Å². The highest BCUT2D eigenvalue weighted by Gasteiger charge is 2.46. The third-order valence-electron chi connectivity index (χ3n) is 6.33. The fraction of sp³-hybridized carbons (Fsp3) is 0.619. The summed E-state index contributed by atoms with van der Waals surface area (Å²) in [5.74, 6) is -0.444. The number of hydrogen-bond acceptors (Lipinski definition) is 5. The average molecular weight is 406 g/mol. The molecule has 28 heavy (non-hydrogen) atoms. The van der Waals surface area contributed by atoms with Gasteiger partial charge in [0.15, 0.2) is 16.4 Å². The van der Waals surface area contributed by atoms with E-state index < -0.39 is 15.3 Å². The SMILES string of the molecule is O=C(COC(=O)C1(c2ccccc2)CCCC1)N(C1CC1)[C@@H]1CCS(=O)(=O)C1. The third kappa shape index (κ3) is 3.81. The van der Waals surface area contributed by atoms with E-state index in [4.69, 9.17) is 4.74 Å². The number of nitrogens with zero attached hydrogens (tertiary/aromatic N) is 1. The van der Waals surface area contributed by atoms with Crippen LogP contribution in [0.15, 0.2) is 30.3 Å². The Hall–Kier alpha value is -1.89. The van der Waals surface area contributed by atoms with E-state index in [-0.39, 0.29) is 42.1 Å². The number of hydrogen-bond donors (Lipinski definition) is 0. The van der Waals surface area contributed by atoms with Crippen molar-refractivity contribution in [3.8, 4) is 0 Å². The second kappa shape index (κ2) is 7.50. The summed E-state index contributed by atoms with van der Waals surface area (Å²) in [6.45, 7) is -0.305. The summed E-state index contributed by atoms with van der Waals surface area (Å²) in [5, 5.41) is 0. The van der Waals surface area contributed by atoms with Crippen LogP contribution in [0.1, 0.15) is 50.5 Å². The van der Waals surface area contributed by atoms with Crippen molar-refractivity contribution >= 4 is 21.7 Å². The van der Waals surface area contributed by atoms with Gasteiger partial charge in [0.2, 0.25) is 0 Å². The Balaban J connectivity index is 1.44. The predicted octanol–water partition coefficient (Wildman–Crippen LogP) is 2.22. The molecule has 0 unspecified atom stereocenters. The van der Waals surface area contributed by atoms with Crippen molar-refractivity contribution in [1.29, 1.82) is 0 Å². The molecule has 0 aromatic heterocycles. The third-order valence-corrected chi connectivity index (χ3v) is 8.08. The number of carbonyl (C=O) groups excluding carboxylic acids is 2. The lowest BCUT2D eigenvalue weighted by molar-refractivity contribution is -0.158. The van der Waals surface area contributed by atoms with Crippen LogP contribution in [0.25, 0.3) is 0 Å². The highest BCUT2D eigenvalue weighted by molar-refractivity contribution is 7.91. The molecule has 3 aliphatic rings. The highest BCUT2D eigenvalue weighted by atomic mass is 32.2. The Morgan fingerprint density at radius 1 is 1.04 bits per heavy atom. The molecule has 1 saturated heterocycles. The normalized spacial score (nSPS) is 25.4. The molecular weight excluding hydrogens is 378 g/mol. The number of amides is 1. The predicted molar refractivity (Wildman–Crippen MR) is 104 cm³/mol. The van der Waals surface area contributed by atoms with Crippen LogP contribution < -0.4 is 0 Å². The molecule has 0 N–H and O–H groups in total. The number of ether oxygens (including phenoxy) is 1. The van der Waals surface area contributed by atoms with Crippen molar-refractivity contribution in [2.45, 2.75) is 62.4 Å². The van der Waals surface area contributed by atoms with Crippen molar-refractivity contribution in [3.63, 3.8) is 0 Å². The zero-order valence-corrected chi connectivity index (χ0v) is 16.8. The summed E-state index contributed by atoms with van der Waals surface area (Å²) >= 11 is 0. The van der Waals surface area contributed by atoms with Crippen molar-refractivity contribution in [2.24, 2.45) is 0 Å². The molecule has 1 atom stereocenters. The molecule has 1 aliphatic heterocycles. The molecule has 0 radical (unpaired) electrons. The fourth-order valence-corrected chi connectivity index (χ4v) is 6.45. The van der Waals surface area contributed by atoms with E-state index in [1.165, 1.54) is 0 Å². The largest absolute Gasteiger partial charge is 0.455 e. The number of benzene rings is 1. The van der Waals surface area contributed by atoms with Crippen LogP contribution in [0, 0.1) is 0 Å². The van der Waals surface area contributed by atoms with Gasteiger partial charge in [0.05, 0.1) is 16.9 Å². The van der Waals surface area contributed by atoms with Crippen LogP contribution in [-0.4, -0.2) is 55.4 Å². The highest BCUT2D eigenvalue weighted by Crippen LogP contribution is 2.42. The minimum Gasteiger partial charge on any atom is -0.455 e. The molecule has 7 heteroatoms. The second-order valence-corrected chi connectivity index (χ2v) is 10.5. The molecule has 2 aliphatic carbocycles. The van der Waals surface area contributed by atoms with Gasteiger partial charge < -0.3 is 9.64 Å². The van der Waals surface area contributed by atoms with Crippen LogP contribution in [0.5, 0.6) is 0 Å². The molecular formula is C21H27NO5S. The van der Waals surface area contributed by atoms with Crippen molar-refractivity contribution < 1.29 is 22.7 Å². The fourth-order valence-electron chi connectivity index (χ4n) is 4.74. The molecule has 1 aromatic carbocycles. The van der Waals surface area contributed by atoms with E-state index in [0.717, 1.165) is 44.1 Å². The first kappa shape index (κ1) is 19.4. The van der Waals surface area contributed by atoms with Crippen LogP contribution in [0.4, 0.5) is 0 Å². The zero-order chi connectivity index (χ0) is 19.8. The number of sulfone groups is 1. The van der Waals surface area contributed by atoms with Crippen molar-refractivity contribution in [1.82, 2.24) is 4.90 Å². The van der Waals surface area contributed by atoms with Gasteiger partial charge in [-0.3, -0.25) is 9.59 Å². The number of rotatable bonds is 6. The van der Waals surface area contributed by atoms with E-state index in [9.17, 15) is 18.0 Å². The first-order valence-corrected chi connectivity index (χ1v) is 12.0. The first-order valence-electron chi connectivity index (χ1n) is 10.2. The maximum Gasteiger partial charge on any atom is 0.317 e. The standard InChI is InChI=1S/C21H27NO5S/c23-19(22(17-8-9-17)18-10-13-28(25,26)15-18)14-27-20(24)21(11-4-5-12-21)16-6-2-1-3-7-16/h1-3,6-7,17-18H,4-5,8-15H2/t18-/m1/s1. The maximum absolute atomic E-state index is 13.0. The van der Waals surface area contributed by atoms with Crippen LogP contribution >= 0.6 is 0 Å². The van der Waals surface area contributed by atoms with E-state index in [2.05, 4.69) is 0 Å². The molecule has 1 aromatic rings. The smallest absolute Gasteiger partial charge is 0.317 e. The van der Waals surface area contributed by atoms with E-state index in [1.807, 2.05) is 30.3 Å². The quantitative estimate of drug-likeness (QED) is 0.678. The number of esters is 1. The first-order chi connectivity index (χ1) is 13.4. The summed E-state index contributed by atoms with van der Waals surface area (Å²) in [6.07, 6.45) is 5.66. The molecule has 1 amide bonds. The van der Waals surface area contributed by atoms with Crippen LogP contribution in [0.2, 0.25) is 0 Å². The Bertz CT molecular complexity index is 841. The second-order valence-electron chi connectivity index (χ2n) is 8.32. The van der Waals surface area contributed by atoms with Gasteiger partial charge in [-0.05, 0) is 37.7 Å². The summed E-state index contributed by atoms with van der Waals surface area (Å²) in [6, 6.07) is 9.48. The Morgan fingerprint density at radius 3 is 2.29 bits per heavy atom. The van der Waals surface area contributed by atoms with Gasteiger partial charge >= 0.3 is 5.97 Å². The summed E-state index contributed by atoms with van der Waals surface area (Å²) in [4.78, 5) is 27.5. The van der Waals surface area contributed by atoms with E-state index in [1.54, 1.807) is 4.90 Å². The van der Waals surface area contributed by atoms with Crippen molar-refractivity contribution in [2.75, 3.05) is 18.1 Å². The molecule has 3 fully saturated rings. The van der Waals surface area contributed by atoms with Gasteiger partial charge in [0, 0.05) is 12.1 Å². The summed E-state index contributed by atoms with van der Waals surface area (Å²) in [7, 11) is -3.07. The Labute approximate surface area is 166 Å². The van der Waals surface area contributed by atoms with Crippen LogP contribution in [-0.2, 0) is 29.6 Å². The Kier molecular flexibility index (Phi) is 5.21.